The van der Waals surface area contributed by atoms with Gasteiger partial charge in [-0.3, -0.25) is 4.89 Å². The molecule has 0 spiro atoms. The SMILES string of the molecule is CCCCCCCCCCCCOc1cc(C(C)(C)C)c(OP(=O)(O)Oc2ccccc2C[n+]2ccsc2C)cc1C(C)(C)C. The molecule has 0 bridgehead atoms. The van der Waals surface area contributed by atoms with Gasteiger partial charge in [-0.2, -0.15) is 4.57 Å². The first-order valence-electron chi connectivity index (χ1n) is 16.8. The second kappa shape index (κ2) is 17.0. The lowest BCUT2D eigenvalue weighted by Gasteiger charge is -2.29. The molecule has 0 saturated heterocycles. The summed E-state index contributed by atoms with van der Waals surface area (Å²) >= 11 is 1.65. The second-order valence-corrected chi connectivity index (χ2v) is 16.6. The van der Waals surface area contributed by atoms with Gasteiger partial charge >= 0.3 is 7.82 Å². The molecule has 1 atom stereocenters. The number of unbranched alkanes of at least 4 members (excludes halogenated alkanes) is 9. The highest BCUT2D eigenvalue weighted by molar-refractivity contribution is 7.48. The van der Waals surface area contributed by atoms with Gasteiger partial charge in [0, 0.05) is 18.1 Å². The van der Waals surface area contributed by atoms with E-state index in [0.717, 1.165) is 40.3 Å². The van der Waals surface area contributed by atoms with Gasteiger partial charge in [-0.25, -0.2) is 4.57 Å². The van der Waals surface area contributed by atoms with Crippen LogP contribution in [0.15, 0.2) is 48.0 Å². The molecule has 250 valence electrons. The van der Waals surface area contributed by atoms with Gasteiger partial charge < -0.3 is 13.8 Å². The van der Waals surface area contributed by atoms with Crippen molar-refractivity contribution in [3.63, 3.8) is 0 Å². The van der Waals surface area contributed by atoms with E-state index in [1.165, 1.54) is 51.4 Å². The number of hydrogen-bond acceptors (Lipinski definition) is 5. The highest BCUT2D eigenvalue weighted by atomic mass is 32.1. The number of aromatic nitrogens is 1. The van der Waals surface area contributed by atoms with Gasteiger partial charge in [-0.1, -0.05) is 130 Å². The molecule has 0 saturated carbocycles. The number of rotatable bonds is 18. The third kappa shape index (κ3) is 12.1. The molecule has 0 aliphatic rings. The Kier molecular flexibility index (Phi) is 14.0. The molecule has 3 aromatic rings. The summed E-state index contributed by atoms with van der Waals surface area (Å²) in [5.41, 5.74) is 1.88. The first kappa shape index (κ1) is 37.1. The minimum atomic E-state index is -4.54. The number of para-hydroxylation sites is 1. The van der Waals surface area contributed by atoms with Crippen LogP contribution in [0.5, 0.6) is 17.2 Å². The number of benzene rings is 2. The summed E-state index contributed by atoms with van der Waals surface area (Å²) in [7, 11) is -4.54. The van der Waals surface area contributed by atoms with Crippen molar-refractivity contribution in [2.75, 3.05) is 6.61 Å². The molecule has 6 nitrogen and oxygen atoms in total. The number of ether oxygens (including phenoxy) is 1. The van der Waals surface area contributed by atoms with E-state index in [1.807, 2.05) is 42.8 Å². The highest BCUT2D eigenvalue weighted by Crippen LogP contribution is 2.50. The van der Waals surface area contributed by atoms with E-state index in [-0.39, 0.29) is 10.8 Å². The Morgan fingerprint density at radius 3 is 1.89 bits per heavy atom. The Morgan fingerprint density at radius 1 is 0.778 bits per heavy atom. The molecule has 1 heterocycles. The lowest BCUT2D eigenvalue weighted by atomic mass is 9.81. The molecule has 1 unspecified atom stereocenters. The summed E-state index contributed by atoms with van der Waals surface area (Å²) < 4.78 is 33.7. The van der Waals surface area contributed by atoms with Gasteiger partial charge in [0.2, 0.25) is 5.01 Å². The molecule has 8 heteroatoms. The van der Waals surface area contributed by atoms with Crippen molar-refractivity contribution in [1.29, 1.82) is 0 Å². The van der Waals surface area contributed by atoms with E-state index in [4.69, 9.17) is 13.8 Å². The van der Waals surface area contributed by atoms with Gasteiger partial charge in [0.25, 0.3) is 0 Å². The number of aryl methyl sites for hydroxylation is 1. The third-order valence-corrected chi connectivity index (χ3v) is 9.77. The maximum Gasteiger partial charge on any atom is 0.584 e. The van der Waals surface area contributed by atoms with Gasteiger partial charge in [0.05, 0.1) is 17.6 Å². The van der Waals surface area contributed by atoms with Crippen molar-refractivity contribution in [1.82, 2.24) is 0 Å². The molecule has 45 heavy (non-hydrogen) atoms. The van der Waals surface area contributed by atoms with Crippen LogP contribution in [0.25, 0.3) is 0 Å². The van der Waals surface area contributed by atoms with E-state index < -0.39 is 7.82 Å². The van der Waals surface area contributed by atoms with Crippen molar-refractivity contribution in [2.24, 2.45) is 0 Å². The fraction of sp³-hybridized carbons (Fsp3) is 0.595. The van der Waals surface area contributed by atoms with E-state index in [9.17, 15) is 9.46 Å². The Balaban J connectivity index is 1.73. The Hall–Kier alpha value is -2.34. The Bertz CT molecular complexity index is 1390. The van der Waals surface area contributed by atoms with Crippen LogP contribution in [0.2, 0.25) is 0 Å². The summed E-state index contributed by atoms with van der Waals surface area (Å²) in [6.45, 7) is 18.0. The second-order valence-electron chi connectivity index (χ2n) is 14.2. The summed E-state index contributed by atoms with van der Waals surface area (Å²) in [5.74, 6) is 1.47. The van der Waals surface area contributed by atoms with Crippen LogP contribution in [0.4, 0.5) is 0 Å². The summed E-state index contributed by atoms with van der Waals surface area (Å²) in [5, 5.41) is 3.15. The van der Waals surface area contributed by atoms with Crippen molar-refractivity contribution >= 4 is 19.2 Å². The number of phosphoric ester groups is 1. The summed E-state index contributed by atoms with van der Waals surface area (Å²) in [6.07, 6.45) is 14.7. The number of hydrogen-bond donors (Lipinski definition) is 1. The van der Waals surface area contributed by atoms with Crippen molar-refractivity contribution < 1.29 is 27.8 Å². The minimum Gasteiger partial charge on any atom is -0.493 e. The van der Waals surface area contributed by atoms with E-state index >= 15 is 0 Å². The Labute approximate surface area is 276 Å². The van der Waals surface area contributed by atoms with Crippen LogP contribution >= 0.6 is 19.2 Å². The van der Waals surface area contributed by atoms with E-state index in [0.29, 0.717) is 24.7 Å². The Morgan fingerprint density at radius 2 is 1.31 bits per heavy atom. The molecule has 3 rings (SSSR count). The van der Waals surface area contributed by atoms with Gasteiger partial charge in [-0.15, -0.1) is 0 Å². The zero-order valence-corrected chi connectivity index (χ0v) is 30.7. The topological polar surface area (TPSA) is 68.9 Å². The normalized spacial score (nSPS) is 13.4. The van der Waals surface area contributed by atoms with Crippen LogP contribution < -0.4 is 18.4 Å². The molecule has 0 aliphatic carbocycles. The molecular weight excluding hydrogens is 601 g/mol. The summed E-state index contributed by atoms with van der Waals surface area (Å²) in [4.78, 5) is 11.1. The lowest BCUT2D eigenvalue weighted by molar-refractivity contribution is -0.689. The standard InChI is InChI=1S/C37H56NO5PS/c1-9-10-11-12-13-14-15-16-17-20-24-41-34-26-32(37(6,7)8)35(27-31(34)36(3,4)5)43-44(39,40)42-33-22-19-18-21-30(33)28-38-23-25-45-29(38)2/h18-19,21-23,25-27H,9-17,20,24,28H2,1-8H3/p+1. The van der Waals surface area contributed by atoms with Gasteiger partial charge in [0.1, 0.15) is 17.2 Å². The quantitative estimate of drug-likeness (QED) is 0.0837. The predicted octanol–water partition coefficient (Wildman–Crippen LogP) is 10.8. The number of thiazole rings is 1. The van der Waals surface area contributed by atoms with Crippen LogP contribution in [-0.4, -0.2) is 11.5 Å². The smallest absolute Gasteiger partial charge is 0.493 e. The maximum atomic E-state index is 13.6. The number of nitrogens with zero attached hydrogens (tertiary/aromatic N) is 1. The van der Waals surface area contributed by atoms with Crippen LogP contribution in [0, 0.1) is 6.92 Å². The largest absolute Gasteiger partial charge is 0.584 e. The van der Waals surface area contributed by atoms with E-state index in [1.54, 1.807) is 23.5 Å². The molecule has 2 aromatic carbocycles. The molecular formula is C37H57NO5PS+. The third-order valence-electron chi connectivity index (χ3n) is 8.08. The monoisotopic (exact) mass is 658 g/mol. The molecule has 0 fully saturated rings. The average Bonchev–Trinajstić information content (AvgIpc) is 3.35. The van der Waals surface area contributed by atoms with Crippen LogP contribution in [0.3, 0.4) is 0 Å². The molecule has 0 amide bonds. The predicted molar refractivity (Wildman–Crippen MR) is 187 cm³/mol. The lowest BCUT2D eigenvalue weighted by Crippen LogP contribution is -2.34. The zero-order chi connectivity index (χ0) is 33.1. The van der Waals surface area contributed by atoms with Crippen LogP contribution in [-0.2, 0) is 21.9 Å². The minimum absolute atomic E-state index is 0.274. The molecule has 1 aromatic heterocycles. The highest BCUT2D eigenvalue weighted by Gasteiger charge is 2.33. The van der Waals surface area contributed by atoms with Gasteiger partial charge in [0.15, 0.2) is 12.7 Å². The molecule has 1 N–H and O–H groups in total. The first-order chi connectivity index (χ1) is 21.2. The number of phosphoric acid groups is 1. The molecule has 0 aliphatic heterocycles. The first-order valence-corrected chi connectivity index (χ1v) is 19.1. The van der Waals surface area contributed by atoms with Crippen molar-refractivity contribution in [2.45, 2.75) is 137 Å². The zero-order valence-electron chi connectivity index (χ0n) is 29.0. The summed E-state index contributed by atoms with van der Waals surface area (Å²) in [6, 6.07) is 11.2. The average molecular weight is 659 g/mol. The molecule has 0 radical (unpaired) electrons. The van der Waals surface area contributed by atoms with Crippen LogP contribution in [0.1, 0.15) is 134 Å². The van der Waals surface area contributed by atoms with E-state index in [2.05, 4.69) is 53.0 Å². The van der Waals surface area contributed by atoms with Crippen molar-refractivity contribution in [3.8, 4) is 17.2 Å². The maximum absolute atomic E-state index is 13.6. The van der Waals surface area contributed by atoms with Gasteiger partial charge in [-0.05, 0) is 41.5 Å². The fourth-order valence-corrected chi connectivity index (χ4v) is 6.94. The van der Waals surface area contributed by atoms with Crippen molar-refractivity contribution in [3.05, 3.63) is 69.7 Å². The fourth-order valence-electron chi connectivity index (χ4n) is 5.41.